The molecule has 10 heteroatoms. The minimum atomic E-state index is -4.46. The minimum Gasteiger partial charge on any atom is -0.352 e. The van der Waals surface area contributed by atoms with E-state index in [0.29, 0.717) is 31.1 Å². The van der Waals surface area contributed by atoms with Crippen molar-refractivity contribution in [3.05, 3.63) is 65.4 Å². The van der Waals surface area contributed by atoms with E-state index in [1.807, 2.05) is 13.8 Å². The first-order chi connectivity index (χ1) is 14.7. The highest BCUT2D eigenvalue weighted by Crippen LogP contribution is 2.31. The highest BCUT2D eigenvalue weighted by atomic mass is 19.4. The van der Waals surface area contributed by atoms with Crippen molar-refractivity contribution in [2.45, 2.75) is 38.8 Å². The van der Waals surface area contributed by atoms with Crippen molar-refractivity contribution in [2.75, 3.05) is 11.9 Å². The average molecular weight is 433 g/mol. The molecule has 31 heavy (non-hydrogen) atoms. The van der Waals surface area contributed by atoms with Crippen LogP contribution >= 0.6 is 0 Å². The SMILES string of the molecule is CC(C)c1noc(CCCNC(=O)c2cccnc2Nc2cccc(C(F)(F)F)c2)n1. The highest BCUT2D eigenvalue weighted by Gasteiger charge is 2.30. The molecule has 0 saturated heterocycles. The third kappa shape index (κ3) is 6.03. The number of amides is 1. The molecule has 0 saturated carbocycles. The lowest BCUT2D eigenvalue weighted by Gasteiger charge is -2.13. The van der Waals surface area contributed by atoms with Crippen LogP contribution in [0, 0.1) is 0 Å². The van der Waals surface area contributed by atoms with Crippen molar-refractivity contribution in [1.82, 2.24) is 20.4 Å². The lowest BCUT2D eigenvalue weighted by atomic mass is 10.2. The van der Waals surface area contributed by atoms with Gasteiger partial charge in [0.15, 0.2) is 5.82 Å². The van der Waals surface area contributed by atoms with Gasteiger partial charge < -0.3 is 15.2 Å². The number of carbonyl (C=O) groups excluding carboxylic acids is 1. The number of halogens is 3. The van der Waals surface area contributed by atoms with Crippen LogP contribution in [0.1, 0.15) is 53.8 Å². The third-order valence-electron chi connectivity index (χ3n) is 4.36. The van der Waals surface area contributed by atoms with Gasteiger partial charge in [0.25, 0.3) is 5.91 Å². The molecule has 164 valence electrons. The lowest BCUT2D eigenvalue weighted by molar-refractivity contribution is -0.137. The van der Waals surface area contributed by atoms with Gasteiger partial charge in [-0.25, -0.2) is 4.98 Å². The van der Waals surface area contributed by atoms with Gasteiger partial charge in [-0.2, -0.15) is 18.2 Å². The third-order valence-corrected chi connectivity index (χ3v) is 4.36. The fourth-order valence-corrected chi connectivity index (χ4v) is 2.74. The zero-order chi connectivity index (χ0) is 22.4. The molecule has 0 bridgehead atoms. The fraction of sp³-hybridized carbons (Fsp3) is 0.333. The van der Waals surface area contributed by atoms with E-state index in [1.54, 1.807) is 12.1 Å². The molecule has 1 amide bonds. The van der Waals surface area contributed by atoms with Crippen LogP contribution in [0.4, 0.5) is 24.7 Å². The zero-order valence-electron chi connectivity index (χ0n) is 17.0. The van der Waals surface area contributed by atoms with Crippen LogP contribution in [0.5, 0.6) is 0 Å². The van der Waals surface area contributed by atoms with Gasteiger partial charge in [0, 0.05) is 30.8 Å². The molecular formula is C21H22F3N5O2. The van der Waals surface area contributed by atoms with E-state index in [-0.39, 0.29) is 23.0 Å². The van der Waals surface area contributed by atoms with Crippen molar-refractivity contribution in [1.29, 1.82) is 0 Å². The topological polar surface area (TPSA) is 92.9 Å². The molecule has 2 N–H and O–H groups in total. The number of aromatic nitrogens is 3. The number of benzene rings is 1. The van der Waals surface area contributed by atoms with Gasteiger partial charge in [-0.15, -0.1) is 0 Å². The second-order valence-corrected chi connectivity index (χ2v) is 7.16. The molecule has 0 radical (unpaired) electrons. The Kier molecular flexibility index (Phi) is 6.88. The van der Waals surface area contributed by atoms with Crippen LogP contribution in [0.25, 0.3) is 0 Å². The number of carbonyl (C=O) groups is 1. The van der Waals surface area contributed by atoms with Crippen LogP contribution in [0.2, 0.25) is 0 Å². The van der Waals surface area contributed by atoms with Gasteiger partial charge in [-0.3, -0.25) is 4.79 Å². The quantitative estimate of drug-likeness (QED) is 0.500. The molecule has 0 fully saturated rings. The summed E-state index contributed by atoms with van der Waals surface area (Å²) in [6, 6.07) is 7.83. The Bertz CT molecular complexity index is 1030. The van der Waals surface area contributed by atoms with Gasteiger partial charge >= 0.3 is 6.18 Å². The molecule has 3 rings (SSSR count). The number of anilines is 2. The first-order valence-electron chi connectivity index (χ1n) is 9.74. The zero-order valence-corrected chi connectivity index (χ0v) is 17.0. The smallest absolute Gasteiger partial charge is 0.352 e. The van der Waals surface area contributed by atoms with Gasteiger partial charge in [0.2, 0.25) is 5.89 Å². The van der Waals surface area contributed by atoms with Gasteiger partial charge in [-0.05, 0) is 36.8 Å². The Morgan fingerprint density at radius 1 is 1.19 bits per heavy atom. The van der Waals surface area contributed by atoms with Gasteiger partial charge in [-0.1, -0.05) is 25.1 Å². The molecule has 3 aromatic rings. The standard InChI is InChI=1S/C21H22F3N5O2/c1-13(2)18-28-17(31-29-18)9-5-11-26-20(30)16-8-4-10-25-19(16)27-15-7-3-6-14(12-15)21(22,23)24/h3-4,6-8,10,12-13H,5,9,11H2,1-2H3,(H,25,27)(H,26,30). The van der Waals surface area contributed by atoms with E-state index in [4.69, 9.17) is 4.52 Å². The second kappa shape index (κ2) is 9.59. The molecule has 7 nitrogen and oxygen atoms in total. The normalized spacial score (nSPS) is 11.5. The number of nitrogens with zero attached hydrogens (tertiary/aromatic N) is 3. The number of alkyl halides is 3. The predicted octanol–water partition coefficient (Wildman–Crippen LogP) is 4.71. The van der Waals surface area contributed by atoms with Crippen molar-refractivity contribution < 1.29 is 22.5 Å². The number of rotatable bonds is 8. The molecule has 0 aliphatic carbocycles. The van der Waals surface area contributed by atoms with Gasteiger partial charge in [0.1, 0.15) is 5.82 Å². The van der Waals surface area contributed by atoms with E-state index in [1.165, 1.54) is 18.3 Å². The summed E-state index contributed by atoms with van der Waals surface area (Å²) >= 11 is 0. The van der Waals surface area contributed by atoms with E-state index < -0.39 is 17.6 Å². The maximum Gasteiger partial charge on any atom is 0.416 e. The van der Waals surface area contributed by atoms with Crippen LogP contribution in [-0.4, -0.2) is 27.6 Å². The minimum absolute atomic E-state index is 0.165. The summed E-state index contributed by atoms with van der Waals surface area (Å²) in [5.74, 6) is 1.09. The molecule has 0 unspecified atom stereocenters. The summed E-state index contributed by atoms with van der Waals surface area (Å²) in [5.41, 5.74) is -0.388. The van der Waals surface area contributed by atoms with Crippen molar-refractivity contribution >= 4 is 17.4 Å². The van der Waals surface area contributed by atoms with Crippen LogP contribution < -0.4 is 10.6 Å². The first kappa shape index (κ1) is 22.3. The monoisotopic (exact) mass is 433 g/mol. The molecule has 0 aliphatic rings. The summed E-state index contributed by atoms with van der Waals surface area (Å²) in [6.45, 7) is 4.29. The number of aryl methyl sites for hydroxylation is 1. The molecule has 0 atom stereocenters. The summed E-state index contributed by atoms with van der Waals surface area (Å²) in [7, 11) is 0. The van der Waals surface area contributed by atoms with Crippen molar-refractivity contribution in [3.8, 4) is 0 Å². The number of nitrogens with one attached hydrogen (secondary N) is 2. The second-order valence-electron chi connectivity index (χ2n) is 7.16. The molecule has 2 heterocycles. The van der Waals surface area contributed by atoms with Crippen LogP contribution in [-0.2, 0) is 12.6 Å². The fourth-order valence-electron chi connectivity index (χ4n) is 2.74. The van der Waals surface area contributed by atoms with Crippen LogP contribution in [0.3, 0.4) is 0 Å². The van der Waals surface area contributed by atoms with Gasteiger partial charge in [0.05, 0.1) is 11.1 Å². The Hall–Kier alpha value is -3.43. The number of pyridine rings is 1. The van der Waals surface area contributed by atoms with Crippen molar-refractivity contribution in [3.63, 3.8) is 0 Å². The van der Waals surface area contributed by atoms with E-state index in [9.17, 15) is 18.0 Å². The average Bonchev–Trinajstić information content (AvgIpc) is 3.20. The van der Waals surface area contributed by atoms with Crippen LogP contribution in [0.15, 0.2) is 47.1 Å². The Labute approximate surface area is 177 Å². The Balaban J connectivity index is 1.60. The Morgan fingerprint density at radius 2 is 2.00 bits per heavy atom. The molecule has 1 aromatic carbocycles. The van der Waals surface area contributed by atoms with Crippen molar-refractivity contribution in [2.24, 2.45) is 0 Å². The summed E-state index contributed by atoms with van der Waals surface area (Å²) < 4.78 is 43.9. The Morgan fingerprint density at radius 3 is 2.71 bits per heavy atom. The number of hydrogen-bond acceptors (Lipinski definition) is 6. The summed E-state index contributed by atoms with van der Waals surface area (Å²) in [6.07, 6.45) is -1.91. The van der Waals surface area contributed by atoms with E-state index >= 15 is 0 Å². The maximum atomic E-state index is 12.9. The molecular weight excluding hydrogens is 411 g/mol. The number of hydrogen-bond donors (Lipinski definition) is 2. The predicted molar refractivity (Wildman–Crippen MR) is 108 cm³/mol. The molecule has 2 aromatic heterocycles. The highest BCUT2D eigenvalue weighted by molar-refractivity contribution is 5.99. The maximum absolute atomic E-state index is 12.9. The van der Waals surface area contributed by atoms with E-state index in [2.05, 4.69) is 25.8 Å². The molecule has 0 aliphatic heterocycles. The lowest BCUT2D eigenvalue weighted by Crippen LogP contribution is -2.25. The first-order valence-corrected chi connectivity index (χ1v) is 9.74. The summed E-state index contributed by atoms with van der Waals surface area (Å²) in [4.78, 5) is 20.9. The van der Waals surface area contributed by atoms with E-state index in [0.717, 1.165) is 12.1 Å². The molecule has 0 spiro atoms. The largest absolute Gasteiger partial charge is 0.416 e. The summed E-state index contributed by atoms with van der Waals surface area (Å²) in [5, 5.41) is 9.45.